The first-order chi connectivity index (χ1) is 21.8. The predicted octanol–water partition coefficient (Wildman–Crippen LogP) is 9.58. The van der Waals surface area contributed by atoms with Gasteiger partial charge >= 0.3 is 5.97 Å². The van der Waals surface area contributed by atoms with Crippen molar-refractivity contribution in [3.63, 3.8) is 0 Å². The van der Waals surface area contributed by atoms with Crippen molar-refractivity contribution in [2.24, 2.45) is 34.5 Å². The molecular formula is C42H53NO4. The van der Waals surface area contributed by atoms with E-state index in [9.17, 15) is 14.7 Å². The number of Topliss-reactive ketones (excluding diaryl/α,β-unsaturated/α-hetero) is 1. The predicted molar refractivity (Wildman–Crippen MR) is 188 cm³/mol. The third kappa shape index (κ3) is 3.60. The quantitative estimate of drug-likeness (QED) is 0.269. The molecule has 2 aromatic rings. The fourth-order valence-corrected chi connectivity index (χ4v) is 13.1. The Bertz CT molecular complexity index is 1880. The Labute approximate surface area is 280 Å². The number of carbonyl (C=O) groups excluding carboxylic acids is 1. The molecule has 5 heteroatoms. The van der Waals surface area contributed by atoms with E-state index in [1.807, 2.05) is 13.0 Å². The van der Waals surface area contributed by atoms with Gasteiger partial charge in [0.1, 0.15) is 6.04 Å². The standard InChI is InChI=1S/C42H53NO4/c1-21(2)34-36(46)32-31-23(4)33-28(20-38(5,6)47-39(33,7)8)25(31)19-26-27-18-24-12-13-29-40(9,16-15-30(44)45)22(3)14-17-41(29,10)42(24,11)37(27)43(34)35(26)32/h15-16,19-20,22-24,29,33-34H,1,12-14,17-18H2,2-11H3,(H,44,45)/b16-15+/t22-,23+,24-,29-,33-,34-,40+,41-,42+/m0/s1. The first kappa shape index (κ1) is 31.4. The van der Waals surface area contributed by atoms with Crippen LogP contribution in [0.2, 0.25) is 0 Å². The lowest BCUT2D eigenvalue weighted by Crippen LogP contribution is -2.60. The zero-order valence-electron chi connectivity index (χ0n) is 30.1. The summed E-state index contributed by atoms with van der Waals surface area (Å²) in [6.07, 6.45) is 11.2. The van der Waals surface area contributed by atoms with Gasteiger partial charge in [0.15, 0.2) is 5.78 Å². The first-order valence-corrected chi connectivity index (χ1v) is 18.1. The molecule has 47 heavy (non-hydrogen) atoms. The summed E-state index contributed by atoms with van der Waals surface area (Å²) in [6, 6.07) is 2.08. The molecular weight excluding hydrogens is 582 g/mol. The van der Waals surface area contributed by atoms with E-state index in [-0.39, 0.29) is 39.5 Å². The summed E-state index contributed by atoms with van der Waals surface area (Å²) >= 11 is 0. The van der Waals surface area contributed by atoms with Gasteiger partial charge in [-0.1, -0.05) is 52.8 Å². The number of rotatable bonds is 3. The van der Waals surface area contributed by atoms with Crippen LogP contribution in [0.3, 0.4) is 0 Å². The first-order valence-electron chi connectivity index (χ1n) is 18.1. The van der Waals surface area contributed by atoms with Crippen LogP contribution in [0.25, 0.3) is 16.5 Å². The van der Waals surface area contributed by atoms with Crippen molar-refractivity contribution in [1.82, 2.24) is 4.57 Å². The van der Waals surface area contributed by atoms with Crippen molar-refractivity contribution in [2.75, 3.05) is 0 Å². The highest BCUT2D eigenvalue weighted by molar-refractivity contribution is 6.18. The number of ether oxygens (including phenoxy) is 1. The number of carboxylic acids is 1. The summed E-state index contributed by atoms with van der Waals surface area (Å²) in [5.74, 6) is 0.904. The molecule has 8 rings (SSSR count). The summed E-state index contributed by atoms with van der Waals surface area (Å²) in [7, 11) is 0. The topological polar surface area (TPSA) is 68.5 Å². The minimum atomic E-state index is -0.869. The van der Waals surface area contributed by atoms with Gasteiger partial charge in [0.2, 0.25) is 0 Å². The van der Waals surface area contributed by atoms with E-state index in [1.54, 1.807) is 0 Å². The Hall–Kier alpha value is -2.92. The van der Waals surface area contributed by atoms with E-state index in [0.717, 1.165) is 48.8 Å². The summed E-state index contributed by atoms with van der Waals surface area (Å²) < 4.78 is 9.16. The normalized spacial score (nSPS) is 40.6. The van der Waals surface area contributed by atoms with E-state index in [2.05, 4.69) is 85.6 Å². The molecule has 0 bridgehead atoms. The molecule has 9 atom stereocenters. The molecule has 0 radical (unpaired) electrons. The third-order valence-corrected chi connectivity index (χ3v) is 15.0. The van der Waals surface area contributed by atoms with Gasteiger partial charge in [0.05, 0.1) is 16.7 Å². The number of hydrogen-bond donors (Lipinski definition) is 1. The van der Waals surface area contributed by atoms with Crippen LogP contribution in [0.1, 0.15) is 140 Å². The van der Waals surface area contributed by atoms with Crippen LogP contribution in [0.4, 0.5) is 0 Å². The molecule has 0 saturated heterocycles. The fraction of sp³-hybridized carbons (Fsp3) is 0.619. The average Bonchev–Trinajstić information content (AvgIpc) is 3.62. The monoisotopic (exact) mass is 635 g/mol. The van der Waals surface area contributed by atoms with E-state index in [4.69, 9.17) is 4.74 Å². The van der Waals surface area contributed by atoms with Crippen molar-refractivity contribution in [3.05, 3.63) is 64.4 Å². The van der Waals surface area contributed by atoms with Crippen LogP contribution < -0.4 is 0 Å². The molecule has 3 heterocycles. The molecule has 0 spiro atoms. The number of benzene rings is 1. The minimum Gasteiger partial charge on any atom is -0.478 e. The van der Waals surface area contributed by atoms with Crippen LogP contribution >= 0.6 is 0 Å². The number of fused-ring (bicyclic) bond motifs is 11. The van der Waals surface area contributed by atoms with Crippen LogP contribution in [0, 0.1) is 34.5 Å². The smallest absolute Gasteiger partial charge is 0.327 e. The number of hydrogen-bond acceptors (Lipinski definition) is 3. The second-order valence-corrected chi connectivity index (χ2v) is 18.2. The highest BCUT2D eigenvalue weighted by Crippen LogP contribution is 2.72. The Morgan fingerprint density at radius 3 is 2.45 bits per heavy atom. The lowest BCUT2D eigenvalue weighted by atomic mass is 9.39. The maximum absolute atomic E-state index is 14.9. The van der Waals surface area contributed by atoms with Gasteiger partial charge in [-0.05, 0) is 136 Å². The average molecular weight is 636 g/mol. The van der Waals surface area contributed by atoms with Crippen molar-refractivity contribution in [2.45, 2.75) is 130 Å². The summed E-state index contributed by atoms with van der Waals surface area (Å²) in [5, 5.41) is 10.9. The summed E-state index contributed by atoms with van der Waals surface area (Å²) in [6.45, 7) is 27.2. The second kappa shape index (κ2) is 9.20. The summed E-state index contributed by atoms with van der Waals surface area (Å²) in [4.78, 5) is 26.7. The molecule has 5 nitrogen and oxygen atoms in total. The lowest BCUT2D eigenvalue weighted by molar-refractivity contribution is -0.132. The fourth-order valence-electron chi connectivity index (χ4n) is 13.1. The number of ketones is 1. The van der Waals surface area contributed by atoms with E-state index < -0.39 is 17.6 Å². The maximum atomic E-state index is 14.9. The maximum Gasteiger partial charge on any atom is 0.327 e. The van der Waals surface area contributed by atoms with Crippen LogP contribution in [0.5, 0.6) is 0 Å². The number of carbonyl (C=O) groups is 2. The van der Waals surface area contributed by atoms with Crippen LogP contribution in [0.15, 0.2) is 36.4 Å². The Kier molecular flexibility index (Phi) is 6.13. The lowest BCUT2D eigenvalue weighted by Gasteiger charge is -2.65. The molecule has 1 N–H and O–H groups in total. The van der Waals surface area contributed by atoms with Gasteiger partial charge in [-0.3, -0.25) is 4.79 Å². The molecule has 0 unspecified atom stereocenters. The number of aliphatic carboxylic acids is 1. The van der Waals surface area contributed by atoms with E-state index in [0.29, 0.717) is 17.8 Å². The van der Waals surface area contributed by atoms with Gasteiger partial charge in [0, 0.05) is 34.1 Å². The highest BCUT2D eigenvalue weighted by Gasteiger charge is 2.67. The summed E-state index contributed by atoms with van der Waals surface area (Å²) in [5.41, 5.74) is 8.43. The number of aromatic nitrogens is 1. The molecule has 2 fully saturated rings. The molecule has 4 aliphatic carbocycles. The van der Waals surface area contributed by atoms with Gasteiger partial charge < -0.3 is 14.4 Å². The van der Waals surface area contributed by atoms with Crippen molar-refractivity contribution >= 4 is 28.2 Å². The number of allylic oxidation sites excluding steroid dienone is 2. The largest absolute Gasteiger partial charge is 0.478 e. The Balaban J connectivity index is 1.41. The molecule has 2 aliphatic heterocycles. The van der Waals surface area contributed by atoms with Gasteiger partial charge in [-0.2, -0.15) is 0 Å². The van der Waals surface area contributed by atoms with Crippen molar-refractivity contribution < 1.29 is 19.4 Å². The molecule has 0 amide bonds. The number of nitrogens with zero attached hydrogens (tertiary/aromatic N) is 1. The Morgan fingerprint density at radius 1 is 1.09 bits per heavy atom. The highest BCUT2D eigenvalue weighted by atomic mass is 16.5. The number of carboxylic acid groups (broad SMARTS) is 1. The van der Waals surface area contributed by atoms with Gasteiger partial charge in [-0.25, -0.2) is 4.79 Å². The molecule has 250 valence electrons. The Morgan fingerprint density at radius 2 is 1.79 bits per heavy atom. The molecule has 2 saturated carbocycles. The van der Waals surface area contributed by atoms with Crippen LogP contribution in [-0.4, -0.2) is 32.6 Å². The molecule has 6 aliphatic rings. The zero-order valence-corrected chi connectivity index (χ0v) is 30.1. The van der Waals surface area contributed by atoms with Crippen molar-refractivity contribution in [3.8, 4) is 0 Å². The molecule has 1 aromatic heterocycles. The van der Waals surface area contributed by atoms with Gasteiger partial charge in [-0.15, -0.1) is 0 Å². The second-order valence-electron chi connectivity index (χ2n) is 18.2. The van der Waals surface area contributed by atoms with E-state index >= 15 is 0 Å². The van der Waals surface area contributed by atoms with Gasteiger partial charge in [0.25, 0.3) is 0 Å². The van der Waals surface area contributed by atoms with Crippen LogP contribution in [-0.2, 0) is 21.4 Å². The minimum absolute atomic E-state index is 0.0526. The van der Waals surface area contributed by atoms with Crippen molar-refractivity contribution in [1.29, 1.82) is 0 Å². The van der Waals surface area contributed by atoms with E-state index in [1.165, 1.54) is 39.4 Å². The third-order valence-electron chi connectivity index (χ3n) is 15.0. The zero-order chi connectivity index (χ0) is 34.0. The molecule has 1 aromatic carbocycles. The SMILES string of the molecule is C=C(C)[C@H]1C(=O)c2c3c(cc4c5c(n1c24)[C@@]1(C)[C@@H](CC[C@H]2[C@](C)(/C=C/C(=O)O)[C@@H](C)CC[C@@]21C)C5)C1=CC(C)(C)OC(C)(C)[C@H]1[C@@H]3C.